The van der Waals surface area contributed by atoms with Gasteiger partial charge in [-0.25, -0.2) is 5.01 Å². The van der Waals surface area contributed by atoms with Gasteiger partial charge in [-0.05, 0) is 60.9 Å². The van der Waals surface area contributed by atoms with Gasteiger partial charge in [-0.15, -0.1) is 0 Å². The zero-order valence-electron chi connectivity index (χ0n) is 25.8. The van der Waals surface area contributed by atoms with Crippen LogP contribution in [0.5, 0.6) is 5.75 Å². The van der Waals surface area contributed by atoms with E-state index < -0.39 is 23.3 Å². The summed E-state index contributed by atoms with van der Waals surface area (Å²) in [5.41, 5.74) is 3.92. The van der Waals surface area contributed by atoms with Crippen molar-refractivity contribution in [2.75, 3.05) is 37.7 Å². The summed E-state index contributed by atoms with van der Waals surface area (Å²) in [7, 11) is 0. The lowest BCUT2D eigenvalue weighted by Gasteiger charge is -2.44. The Kier molecular flexibility index (Phi) is 12.1. The van der Waals surface area contributed by atoms with Gasteiger partial charge >= 0.3 is 5.97 Å². The topological polar surface area (TPSA) is 125 Å². The van der Waals surface area contributed by atoms with Crippen molar-refractivity contribution in [2.45, 2.75) is 39.8 Å². The number of rotatable bonds is 12. The standard InChI is InChI=1S/C34H40N4O6S/c1-25(2)24-44-32-16-13-28(22-31(32)34(41)35-23-29-7-5-4-6-8-29)10-9-27-11-14-30(15-12-27)36-17-19-37(20-18-36)38(45(42)43)26(3)21-33(39)40/h4-8,11-16,22,25-26H,17-21,23-24H2,1-3H3,(H,35,41)(H,39,40)(H,42,43)/p-1. The summed E-state index contributed by atoms with van der Waals surface area (Å²) in [5.74, 6) is 5.89. The molecule has 1 heterocycles. The average Bonchev–Trinajstić information content (AvgIpc) is 3.02. The molecule has 11 heteroatoms. The fraction of sp³-hybridized carbons (Fsp3) is 0.353. The van der Waals surface area contributed by atoms with Gasteiger partial charge in [-0.3, -0.25) is 13.8 Å². The Morgan fingerprint density at radius 2 is 1.62 bits per heavy atom. The largest absolute Gasteiger partial charge is 0.759 e. The summed E-state index contributed by atoms with van der Waals surface area (Å²) in [4.78, 5) is 26.4. The van der Waals surface area contributed by atoms with Crippen molar-refractivity contribution >= 4 is 28.8 Å². The molecule has 1 aliphatic rings. The minimum atomic E-state index is -2.56. The van der Waals surface area contributed by atoms with E-state index in [4.69, 9.17) is 9.84 Å². The Balaban J connectivity index is 1.41. The van der Waals surface area contributed by atoms with Crippen molar-refractivity contribution in [3.63, 3.8) is 0 Å². The number of benzene rings is 3. The maximum absolute atomic E-state index is 13.2. The highest BCUT2D eigenvalue weighted by molar-refractivity contribution is 7.76. The Bertz CT molecular complexity index is 1530. The van der Waals surface area contributed by atoms with Crippen LogP contribution in [-0.2, 0) is 22.6 Å². The molecule has 1 saturated heterocycles. The number of carboxylic acids is 1. The second-order valence-corrected chi connectivity index (χ2v) is 12.1. The van der Waals surface area contributed by atoms with Crippen LogP contribution in [-0.4, -0.2) is 74.0 Å². The SMILES string of the molecule is CC(C)COc1ccc(C#Cc2ccc(N3CCN(N(C(C)CC(=O)O)S(=O)[O-])CC3)cc2)cc1C(=O)NCc1ccccc1. The predicted octanol–water partition coefficient (Wildman–Crippen LogP) is 4.05. The highest BCUT2D eigenvalue weighted by Gasteiger charge is 2.28. The van der Waals surface area contributed by atoms with Crippen LogP contribution in [0.15, 0.2) is 72.8 Å². The van der Waals surface area contributed by atoms with Gasteiger partial charge in [0.25, 0.3) is 5.91 Å². The lowest BCUT2D eigenvalue weighted by Crippen LogP contribution is -2.57. The number of amides is 1. The number of hydrazine groups is 1. The average molecular weight is 632 g/mol. The fourth-order valence-corrected chi connectivity index (χ4v) is 5.66. The van der Waals surface area contributed by atoms with Gasteiger partial charge in [0.1, 0.15) is 5.75 Å². The number of carboxylic acid groups (broad SMARTS) is 1. The number of hydrogen-bond acceptors (Lipinski definition) is 7. The van der Waals surface area contributed by atoms with Crippen molar-refractivity contribution in [3.8, 4) is 17.6 Å². The van der Waals surface area contributed by atoms with E-state index in [9.17, 15) is 18.4 Å². The molecule has 3 aromatic rings. The zero-order valence-corrected chi connectivity index (χ0v) is 26.6. The molecule has 2 N–H and O–H groups in total. The van der Waals surface area contributed by atoms with Gasteiger partial charge in [0.2, 0.25) is 0 Å². The minimum Gasteiger partial charge on any atom is -0.759 e. The van der Waals surface area contributed by atoms with Crippen LogP contribution in [0.1, 0.15) is 54.2 Å². The number of nitrogens with one attached hydrogen (secondary N) is 1. The van der Waals surface area contributed by atoms with E-state index in [0.717, 1.165) is 21.2 Å². The van der Waals surface area contributed by atoms with Gasteiger partial charge in [0.15, 0.2) is 0 Å². The van der Waals surface area contributed by atoms with Crippen LogP contribution in [0, 0.1) is 17.8 Å². The monoisotopic (exact) mass is 631 g/mol. The summed E-state index contributed by atoms with van der Waals surface area (Å²) >= 11 is -2.56. The summed E-state index contributed by atoms with van der Waals surface area (Å²) in [6.07, 6.45) is -0.268. The van der Waals surface area contributed by atoms with Crippen molar-refractivity contribution in [1.29, 1.82) is 0 Å². The van der Waals surface area contributed by atoms with Crippen LogP contribution >= 0.6 is 0 Å². The van der Waals surface area contributed by atoms with Crippen molar-refractivity contribution < 1.29 is 28.2 Å². The Hall–Kier alpha value is -4.21. The Morgan fingerprint density at radius 3 is 2.24 bits per heavy atom. The quantitative estimate of drug-likeness (QED) is 0.227. The van der Waals surface area contributed by atoms with E-state index in [1.54, 1.807) is 24.1 Å². The smallest absolute Gasteiger partial charge is 0.305 e. The highest BCUT2D eigenvalue weighted by atomic mass is 32.2. The summed E-state index contributed by atoms with van der Waals surface area (Å²) in [5, 5.41) is 13.7. The number of hydrogen-bond donors (Lipinski definition) is 2. The minimum absolute atomic E-state index is 0.230. The molecule has 0 aliphatic carbocycles. The van der Waals surface area contributed by atoms with E-state index in [0.29, 0.717) is 62.1 Å². The normalized spacial score (nSPS) is 14.8. The molecule has 3 aromatic carbocycles. The maximum atomic E-state index is 13.2. The van der Waals surface area contributed by atoms with Gasteiger partial charge in [0.05, 0.1) is 18.6 Å². The van der Waals surface area contributed by atoms with E-state index >= 15 is 0 Å². The summed E-state index contributed by atoms with van der Waals surface area (Å²) < 4.78 is 30.7. The van der Waals surface area contributed by atoms with Gasteiger partial charge in [-0.2, -0.15) is 4.41 Å². The third-order valence-electron chi connectivity index (χ3n) is 7.21. The third kappa shape index (κ3) is 9.89. The zero-order chi connectivity index (χ0) is 32.3. The molecule has 2 atom stereocenters. The van der Waals surface area contributed by atoms with Crippen LogP contribution in [0.25, 0.3) is 0 Å². The molecule has 45 heavy (non-hydrogen) atoms. The molecule has 0 spiro atoms. The number of ether oxygens (including phenoxy) is 1. The van der Waals surface area contributed by atoms with Crippen LogP contribution in [0.4, 0.5) is 5.69 Å². The van der Waals surface area contributed by atoms with Crippen molar-refractivity contribution in [3.05, 3.63) is 95.1 Å². The number of carbonyl (C=O) groups is 2. The molecule has 0 saturated carbocycles. The van der Waals surface area contributed by atoms with Crippen LogP contribution in [0.2, 0.25) is 0 Å². The molecule has 1 amide bonds. The molecule has 4 rings (SSSR count). The summed E-state index contributed by atoms with van der Waals surface area (Å²) in [6.45, 7) is 8.64. The fourth-order valence-electron chi connectivity index (χ4n) is 4.94. The molecule has 1 fully saturated rings. The number of anilines is 1. The number of piperazine rings is 1. The Morgan fingerprint density at radius 1 is 0.978 bits per heavy atom. The van der Waals surface area contributed by atoms with Gasteiger partial charge in [0, 0.05) is 66.8 Å². The molecule has 0 aromatic heterocycles. The second kappa shape index (κ2) is 16.2. The first-order chi connectivity index (χ1) is 21.6. The molecular formula is C34H39N4O6S-. The molecule has 0 bridgehead atoms. The third-order valence-corrected chi connectivity index (χ3v) is 8.11. The van der Waals surface area contributed by atoms with Crippen molar-refractivity contribution in [1.82, 2.24) is 14.7 Å². The van der Waals surface area contributed by atoms with E-state index in [-0.39, 0.29) is 12.3 Å². The maximum Gasteiger partial charge on any atom is 0.305 e. The van der Waals surface area contributed by atoms with Crippen LogP contribution < -0.4 is 15.0 Å². The second-order valence-electron chi connectivity index (χ2n) is 11.3. The van der Waals surface area contributed by atoms with Gasteiger partial charge in [-0.1, -0.05) is 56.0 Å². The first kappa shape index (κ1) is 33.7. The van der Waals surface area contributed by atoms with E-state index in [1.807, 2.05) is 60.7 Å². The van der Waals surface area contributed by atoms with E-state index in [1.165, 1.54) is 0 Å². The van der Waals surface area contributed by atoms with Gasteiger partial charge < -0.3 is 24.6 Å². The number of nitrogens with zero attached hydrogens (tertiary/aromatic N) is 3. The first-order valence-corrected chi connectivity index (χ1v) is 15.9. The lowest BCUT2D eigenvalue weighted by molar-refractivity contribution is -0.139. The molecule has 1 aliphatic heterocycles. The molecule has 238 valence electrons. The highest BCUT2D eigenvalue weighted by Crippen LogP contribution is 2.22. The first-order valence-electron chi connectivity index (χ1n) is 14.9. The number of aliphatic carboxylic acids is 1. The van der Waals surface area contributed by atoms with Crippen molar-refractivity contribution in [2.24, 2.45) is 5.92 Å². The predicted molar refractivity (Wildman–Crippen MR) is 173 cm³/mol. The summed E-state index contributed by atoms with van der Waals surface area (Å²) in [6, 6.07) is 22.2. The van der Waals surface area contributed by atoms with E-state index in [2.05, 4.69) is 35.9 Å². The lowest BCUT2D eigenvalue weighted by atomic mass is 10.1. The van der Waals surface area contributed by atoms with Crippen LogP contribution in [0.3, 0.4) is 0 Å². The molecule has 0 radical (unpaired) electrons. The Labute approximate surface area is 267 Å². The number of carbonyl (C=O) groups excluding carboxylic acids is 1. The molecule has 10 nitrogen and oxygen atoms in total. The molecular weight excluding hydrogens is 592 g/mol. The molecule has 2 unspecified atom stereocenters.